The smallest absolute Gasteiger partial charge is 0.328 e. The Morgan fingerprint density at radius 2 is 1.75 bits per heavy atom. The number of methoxy groups -OCH3 is 1. The summed E-state index contributed by atoms with van der Waals surface area (Å²) in [5, 5.41) is 0.529. The number of rotatable bonds is 6. The summed E-state index contributed by atoms with van der Waals surface area (Å²) in [4.78, 5) is 15.4. The maximum absolute atomic E-state index is 6.46. The topological polar surface area (TPSA) is 86.4 Å². The zero-order valence-corrected chi connectivity index (χ0v) is 20.7. The van der Waals surface area contributed by atoms with Crippen LogP contribution in [0.25, 0.3) is 0 Å². The number of ether oxygens (including phenoxy) is 2. The predicted octanol–water partition coefficient (Wildman–Crippen LogP) is 6.37. The maximum atomic E-state index is 6.46. The van der Waals surface area contributed by atoms with Gasteiger partial charge in [0.1, 0.15) is 11.5 Å². The van der Waals surface area contributed by atoms with E-state index in [9.17, 15) is 0 Å². The molecule has 4 rings (SSSR count). The largest absolute Gasteiger partial charge is 0.495 e. The van der Waals surface area contributed by atoms with Crippen molar-refractivity contribution in [3.63, 3.8) is 0 Å². The molecule has 1 aromatic heterocycles. The molecule has 0 unspecified atom stereocenters. The van der Waals surface area contributed by atoms with Crippen LogP contribution in [0.2, 0.25) is 5.02 Å². The number of benzene rings is 2. The van der Waals surface area contributed by atoms with E-state index in [2.05, 4.69) is 42.4 Å². The van der Waals surface area contributed by atoms with Crippen molar-refractivity contribution in [3.8, 4) is 17.5 Å². The third kappa shape index (κ3) is 5.35. The lowest BCUT2D eigenvalue weighted by Gasteiger charge is -2.31. The second kappa shape index (κ2) is 10.5. The molecule has 0 atom stereocenters. The van der Waals surface area contributed by atoms with Gasteiger partial charge in [0.25, 0.3) is 0 Å². The fourth-order valence-corrected chi connectivity index (χ4v) is 4.70. The van der Waals surface area contributed by atoms with Crippen LogP contribution in [0.1, 0.15) is 38.5 Å². The Morgan fingerprint density at radius 1 is 1.00 bits per heavy atom. The number of para-hydroxylation sites is 1. The molecule has 3 aromatic rings. The molecule has 7 nitrogen and oxygen atoms in total. The molecule has 1 fully saturated rings. The zero-order valence-electron chi connectivity index (χ0n) is 17.8. The number of anilines is 3. The highest BCUT2D eigenvalue weighted by Gasteiger charge is 2.26. The summed E-state index contributed by atoms with van der Waals surface area (Å²) in [6.45, 7) is 0. The molecule has 0 radical (unpaired) electrons. The molecule has 1 heterocycles. The first-order valence-corrected chi connectivity index (χ1v) is 12.1. The highest BCUT2D eigenvalue weighted by Crippen LogP contribution is 2.37. The number of nitrogen functional groups attached to an aromatic ring is 1. The molecule has 9 heteroatoms. The highest BCUT2D eigenvalue weighted by atomic mass is 127. The number of hydrogen-bond donors (Lipinski definition) is 1. The van der Waals surface area contributed by atoms with E-state index in [1.165, 1.54) is 12.8 Å². The summed E-state index contributed by atoms with van der Waals surface area (Å²) >= 11 is 8.68. The van der Waals surface area contributed by atoms with Gasteiger partial charge in [-0.2, -0.15) is 15.0 Å². The average Bonchev–Trinajstić information content (AvgIpc) is 3.05. The number of aromatic nitrogens is 3. The lowest BCUT2D eigenvalue weighted by Crippen LogP contribution is -2.32. The molecular weight excluding hydrogens is 541 g/mol. The standard InChI is InChI=1S/C23H25ClIN5O2/c1-31-19-13-12-16(14-17(19)24)30(15-8-4-2-3-5-9-15)22-27-21(26)28-23(29-22)32-20-11-7-6-10-18(20)25/h6-7,10-15H,2-5,8-9H2,1H3,(H2,26,27,28,29). The summed E-state index contributed by atoms with van der Waals surface area (Å²) in [6.07, 6.45) is 6.82. The van der Waals surface area contributed by atoms with Gasteiger partial charge in [-0.25, -0.2) is 0 Å². The quantitative estimate of drug-likeness (QED) is 0.274. The second-order valence-electron chi connectivity index (χ2n) is 7.64. The molecule has 1 aliphatic carbocycles. The first kappa shape index (κ1) is 22.8. The van der Waals surface area contributed by atoms with Crippen molar-refractivity contribution in [1.29, 1.82) is 0 Å². The van der Waals surface area contributed by atoms with E-state index in [-0.39, 0.29) is 18.0 Å². The van der Waals surface area contributed by atoms with Crippen molar-refractivity contribution >= 4 is 51.8 Å². The average molecular weight is 566 g/mol. The van der Waals surface area contributed by atoms with Crippen LogP contribution in [-0.2, 0) is 0 Å². The normalized spacial score (nSPS) is 14.6. The molecule has 32 heavy (non-hydrogen) atoms. The van der Waals surface area contributed by atoms with Gasteiger partial charge in [-0.05, 0) is 65.8 Å². The van der Waals surface area contributed by atoms with Gasteiger partial charge in [0.2, 0.25) is 11.9 Å². The van der Waals surface area contributed by atoms with E-state index in [0.717, 1.165) is 34.9 Å². The number of nitrogens with two attached hydrogens (primary N) is 1. The summed E-state index contributed by atoms with van der Waals surface area (Å²) in [6, 6.07) is 13.8. The monoisotopic (exact) mass is 565 g/mol. The van der Waals surface area contributed by atoms with E-state index in [1.54, 1.807) is 7.11 Å². The van der Waals surface area contributed by atoms with Crippen molar-refractivity contribution in [1.82, 2.24) is 15.0 Å². The van der Waals surface area contributed by atoms with Crippen molar-refractivity contribution in [2.45, 2.75) is 44.6 Å². The summed E-state index contributed by atoms with van der Waals surface area (Å²) in [5.74, 6) is 1.84. The molecule has 0 aliphatic heterocycles. The first-order valence-electron chi connectivity index (χ1n) is 10.6. The van der Waals surface area contributed by atoms with Gasteiger partial charge in [-0.3, -0.25) is 0 Å². The van der Waals surface area contributed by atoms with Crippen molar-refractivity contribution in [2.75, 3.05) is 17.7 Å². The summed E-state index contributed by atoms with van der Waals surface area (Å²) in [7, 11) is 1.60. The Bertz CT molecular complexity index is 1080. The molecule has 0 saturated heterocycles. The SMILES string of the molecule is COc1ccc(N(c2nc(N)nc(Oc3ccccc3I)n2)C2CCCCCC2)cc1Cl. The fraction of sp³-hybridized carbons (Fsp3) is 0.348. The first-order chi connectivity index (χ1) is 15.5. The van der Waals surface area contributed by atoms with Crippen molar-refractivity contribution in [3.05, 3.63) is 51.1 Å². The molecule has 2 aromatic carbocycles. The van der Waals surface area contributed by atoms with Gasteiger partial charge < -0.3 is 20.1 Å². The Morgan fingerprint density at radius 3 is 2.44 bits per heavy atom. The van der Waals surface area contributed by atoms with Gasteiger partial charge in [0, 0.05) is 11.7 Å². The molecular formula is C23H25ClIN5O2. The van der Waals surface area contributed by atoms with Gasteiger partial charge in [-0.15, -0.1) is 0 Å². The van der Waals surface area contributed by atoms with Crippen LogP contribution in [0.5, 0.6) is 17.5 Å². The van der Waals surface area contributed by atoms with Crippen LogP contribution in [0, 0.1) is 3.57 Å². The van der Waals surface area contributed by atoms with E-state index >= 15 is 0 Å². The molecule has 1 saturated carbocycles. The minimum absolute atomic E-state index is 0.106. The van der Waals surface area contributed by atoms with Gasteiger partial charge in [0.15, 0.2) is 0 Å². The lowest BCUT2D eigenvalue weighted by atomic mass is 10.1. The van der Waals surface area contributed by atoms with Gasteiger partial charge >= 0.3 is 6.01 Å². The maximum Gasteiger partial charge on any atom is 0.328 e. The number of hydrogen-bond acceptors (Lipinski definition) is 7. The molecule has 2 N–H and O–H groups in total. The summed E-state index contributed by atoms with van der Waals surface area (Å²) < 4.78 is 12.3. The van der Waals surface area contributed by atoms with Crippen LogP contribution in [0.15, 0.2) is 42.5 Å². The third-order valence-electron chi connectivity index (χ3n) is 5.48. The van der Waals surface area contributed by atoms with Crippen molar-refractivity contribution < 1.29 is 9.47 Å². The third-order valence-corrected chi connectivity index (χ3v) is 6.66. The minimum atomic E-state index is 0.106. The van der Waals surface area contributed by atoms with Crippen LogP contribution < -0.4 is 20.1 Å². The van der Waals surface area contributed by atoms with E-state index in [0.29, 0.717) is 22.5 Å². The second-order valence-corrected chi connectivity index (χ2v) is 9.21. The minimum Gasteiger partial charge on any atom is -0.495 e. The fourth-order valence-electron chi connectivity index (χ4n) is 3.95. The predicted molar refractivity (Wildman–Crippen MR) is 135 cm³/mol. The summed E-state index contributed by atoms with van der Waals surface area (Å²) in [5.41, 5.74) is 6.97. The Labute approximate surface area is 206 Å². The van der Waals surface area contributed by atoms with Gasteiger partial charge in [-0.1, -0.05) is 49.4 Å². The number of halogens is 2. The van der Waals surface area contributed by atoms with Crippen LogP contribution >= 0.6 is 34.2 Å². The van der Waals surface area contributed by atoms with Gasteiger partial charge in [0.05, 0.1) is 15.7 Å². The van der Waals surface area contributed by atoms with Crippen LogP contribution in [0.4, 0.5) is 17.6 Å². The zero-order chi connectivity index (χ0) is 22.5. The Hall–Kier alpha value is -2.33. The van der Waals surface area contributed by atoms with Crippen molar-refractivity contribution in [2.24, 2.45) is 0 Å². The molecule has 0 bridgehead atoms. The molecule has 0 amide bonds. The number of nitrogens with zero attached hydrogens (tertiary/aromatic N) is 4. The highest BCUT2D eigenvalue weighted by molar-refractivity contribution is 14.1. The Kier molecular flexibility index (Phi) is 7.51. The lowest BCUT2D eigenvalue weighted by molar-refractivity contribution is 0.415. The molecule has 168 valence electrons. The van der Waals surface area contributed by atoms with E-state index < -0.39 is 0 Å². The van der Waals surface area contributed by atoms with E-state index in [1.807, 2.05) is 42.5 Å². The van der Waals surface area contributed by atoms with Crippen LogP contribution in [0.3, 0.4) is 0 Å². The van der Waals surface area contributed by atoms with Crippen LogP contribution in [-0.4, -0.2) is 28.1 Å². The van der Waals surface area contributed by atoms with E-state index in [4.69, 9.17) is 26.8 Å². The molecule has 0 spiro atoms. The molecule has 1 aliphatic rings. The Balaban J connectivity index is 1.75.